The van der Waals surface area contributed by atoms with E-state index in [0.717, 1.165) is 18.7 Å². The Bertz CT molecular complexity index is 565. The zero-order valence-electron chi connectivity index (χ0n) is 13.6. The summed E-state index contributed by atoms with van der Waals surface area (Å²) >= 11 is 0. The van der Waals surface area contributed by atoms with Crippen molar-refractivity contribution in [1.82, 2.24) is 20.4 Å². The highest BCUT2D eigenvalue weighted by Crippen LogP contribution is 2.30. The molecule has 2 aliphatic rings. The Morgan fingerprint density at radius 2 is 2.13 bits per heavy atom. The van der Waals surface area contributed by atoms with Gasteiger partial charge < -0.3 is 14.7 Å². The van der Waals surface area contributed by atoms with Crippen molar-refractivity contribution in [2.24, 2.45) is 5.92 Å². The summed E-state index contributed by atoms with van der Waals surface area (Å²) in [5.74, 6) is 1.25. The second-order valence-corrected chi connectivity index (χ2v) is 6.43. The maximum absolute atomic E-state index is 12.2. The fourth-order valence-electron chi connectivity index (χ4n) is 3.43. The summed E-state index contributed by atoms with van der Waals surface area (Å²) < 4.78 is 5.24. The number of carbonyl (C=O) groups excluding carboxylic acids is 2. The number of nitrogens with zero attached hydrogens (tertiary/aromatic N) is 3. The van der Waals surface area contributed by atoms with E-state index in [-0.39, 0.29) is 30.7 Å². The summed E-state index contributed by atoms with van der Waals surface area (Å²) in [4.78, 5) is 29.9. The van der Waals surface area contributed by atoms with E-state index >= 15 is 0 Å². The third-order valence-electron chi connectivity index (χ3n) is 4.83. The van der Waals surface area contributed by atoms with Gasteiger partial charge in [0.1, 0.15) is 0 Å². The molecule has 1 saturated heterocycles. The highest BCUT2D eigenvalue weighted by atomic mass is 16.5. The first-order chi connectivity index (χ1) is 11.2. The number of aromatic nitrogens is 2. The molecule has 0 spiro atoms. The molecule has 0 aromatic carbocycles. The van der Waals surface area contributed by atoms with Crippen LogP contribution in [0.25, 0.3) is 0 Å². The monoisotopic (exact) mass is 320 g/mol. The van der Waals surface area contributed by atoms with Crippen LogP contribution in [0.5, 0.6) is 0 Å². The molecule has 3 rings (SSSR count). The number of rotatable bonds is 5. The van der Waals surface area contributed by atoms with Crippen LogP contribution in [0.2, 0.25) is 0 Å². The third-order valence-corrected chi connectivity index (χ3v) is 4.83. The number of hydrogen-bond acceptors (Lipinski definition) is 5. The highest BCUT2D eigenvalue weighted by molar-refractivity contribution is 5.89. The van der Waals surface area contributed by atoms with Crippen LogP contribution in [0, 0.1) is 5.92 Å². The second-order valence-electron chi connectivity index (χ2n) is 6.43. The van der Waals surface area contributed by atoms with Crippen molar-refractivity contribution in [1.29, 1.82) is 0 Å². The van der Waals surface area contributed by atoms with E-state index in [4.69, 9.17) is 4.52 Å². The molecule has 0 bridgehead atoms. The lowest BCUT2D eigenvalue weighted by molar-refractivity contribution is -0.128. The van der Waals surface area contributed by atoms with Crippen molar-refractivity contribution in [3.8, 4) is 0 Å². The van der Waals surface area contributed by atoms with Crippen LogP contribution in [0.15, 0.2) is 4.52 Å². The van der Waals surface area contributed by atoms with E-state index in [9.17, 15) is 9.59 Å². The van der Waals surface area contributed by atoms with Crippen molar-refractivity contribution in [2.45, 2.75) is 57.9 Å². The summed E-state index contributed by atoms with van der Waals surface area (Å²) in [6.07, 6.45) is 6.23. The summed E-state index contributed by atoms with van der Waals surface area (Å²) in [5.41, 5.74) is 0. The molecular formula is C16H24N4O3. The van der Waals surface area contributed by atoms with Crippen molar-refractivity contribution in [3.05, 3.63) is 11.7 Å². The lowest BCUT2D eigenvalue weighted by Crippen LogP contribution is -2.32. The van der Waals surface area contributed by atoms with Gasteiger partial charge in [-0.3, -0.25) is 9.59 Å². The van der Waals surface area contributed by atoms with Gasteiger partial charge in [0.2, 0.25) is 17.7 Å². The average molecular weight is 320 g/mol. The van der Waals surface area contributed by atoms with Crippen LogP contribution in [0.3, 0.4) is 0 Å². The topological polar surface area (TPSA) is 88.3 Å². The largest absolute Gasteiger partial charge is 0.347 e. The predicted molar refractivity (Wildman–Crippen MR) is 82.3 cm³/mol. The molecule has 2 amide bonds. The van der Waals surface area contributed by atoms with Crippen molar-refractivity contribution < 1.29 is 14.1 Å². The van der Waals surface area contributed by atoms with Gasteiger partial charge in [-0.05, 0) is 19.8 Å². The van der Waals surface area contributed by atoms with Gasteiger partial charge in [0.05, 0.1) is 12.5 Å². The summed E-state index contributed by atoms with van der Waals surface area (Å²) in [5, 5.41) is 6.86. The van der Waals surface area contributed by atoms with Crippen LogP contribution in [0.1, 0.15) is 63.1 Å². The maximum atomic E-state index is 12.2. The minimum atomic E-state index is -0.275. The molecule has 7 heteroatoms. The van der Waals surface area contributed by atoms with Crippen molar-refractivity contribution in [3.63, 3.8) is 0 Å². The van der Waals surface area contributed by atoms with Crippen molar-refractivity contribution in [2.75, 3.05) is 13.1 Å². The molecule has 1 N–H and O–H groups in total. The molecule has 1 atom stereocenters. The highest BCUT2D eigenvalue weighted by Gasteiger charge is 2.33. The normalized spacial score (nSPS) is 22.6. The van der Waals surface area contributed by atoms with E-state index in [1.54, 1.807) is 4.90 Å². The molecule has 7 nitrogen and oxygen atoms in total. The number of nitrogens with one attached hydrogen (secondary N) is 1. The predicted octanol–water partition coefficient (Wildman–Crippen LogP) is 1.60. The number of amides is 2. The minimum Gasteiger partial charge on any atom is -0.347 e. The van der Waals surface area contributed by atoms with Gasteiger partial charge in [-0.15, -0.1) is 0 Å². The molecular weight excluding hydrogens is 296 g/mol. The second kappa shape index (κ2) is 7.10. The SMILES string of the molecule is CCN1C[C@@H](C(=O)NCc2nc(C3CCCCC3)no2)CC1=O. The Morgan fingerprint density at radius 1 is 1.35 bits per heavy atom. The minimum absolute atomic E-state index is 0.0463. The molecule has 1 aromatic heterocycles. The fraction of sp³-hybridized carbons (Fsp3) is 0.750. The Labute approximate surface area is 135 Å². The molecule has 1 aliphatic carbocycles. The number of likely N-dealkylation sites (tertiary alicyclic amines) is 1. The van der Waals surface area contributed by atoms with E-state index in [1.165, 1.54) is 19.3 Å². The average Bonchev–Trinajstić information content (AvgIpc) is 3.20. The lowest BCUT2D eigenvalue weighted by atomic mass is 9.89. The smallest absolute Gasteiger partial charge is 0.246 e. The molecule has 2 fully saturated rings. The van der Waals surface area contributed by atoms with Gasteiger partial charge in [0.25, 0.3) is 0 Å². The molecule has 1 aromatic rings. The van der Waals surface area contributed by atoms with Gasteiger partial charge in [-0.25, -0.2) is 0 Å². The molecule has 1 aliphatic heterocycles. The molecule has 0 radical (unpaired) electrons. The first kappa shape index (κ1) is 16.0. The first-order valence-corrected chi connectivity index (χ1v) is 8.55. The number of hydrogen-bond donors (Lipinski definition) is 1. The van der Waals surface area contributed by atoms with E-state index in [0.29, 0.717) is 24.9 Å². The zero-order chi connectivity index (χ0) is 16.2. The summed E-state index contributed by atoms with van der Waals surface area (Å²) in [6.45, 7) is 3.30. The molecule has 1 saturated carbocycles. The van der Waals surface area contributed by atoms with E-state index in [1.807, 2.05) is 6.92 Å². The van der Waals surface area contributed by atoms with Gasteiger partial charge in [0, 0.05) is 25.4 Å². The first-order valence-electron chi connectivity index (χ1n) is 8.55. The van der Waals surface area contributed by atoms with Crippen LogP contribution in [0.4, 0.5) is 0 Å². The Morgan fingerprint density at radius 3 is 2.83 bits per heavy atom. The quantitative estimate of drug-likeness (QED) is 0.890. The summed E-state index contributed by atoms with van der Waals surface area (Å²) in [6, 6.07) is 0. The van der Waals surface area contributed by atoms with Crippen LogP contribution >= 0.6 is 0 Å². The van der Waals surface area contributed by atoms with Crippen molar-refractivity contribution >= 4 is 11.8 Å². The standard InChI is InChI=1S/C16H24N4O3/c1-2-20-10-12(8-14(20)21)16(22)17-9-13-18-15(19-23-13)11-6-4-3-5-7-11/h11-12H,2-10H2,1H3,(H,17,22)/t12-/m0/s1. The maximum Gasteiger partial charge on any atom is 0.246 e. The fourth-order valence-corrected chi connectivity index (χ4v) is 3.43. The van der Waals surface area contributed by atoms with Crippen LogP contribution < -0.4 is 5.32 Å². The molecule has 2 heterocycles. The Kier molecular flexibility index (Phi) is 4.93. The third kappa shape index (κ3) is 3.71. The van der Waals surface area contributed by atoms with Crippen LogP contribution in [-0.2, 0) is 16.1 Å². The van der Waals surface area contributed by atoms with E-state index in [2.05, 4.69) is 15.5 Å². The Hall–Kier alpha value is -1.92. The molecule has 23 heavy (non-hydrogen) atoms. The van der Waals surface area contributed by atoms with Gasteiger partial charge in [-0.1, -0.05) is 24.4 Å². The molecule has 126 valence electrons. The summed E-state index contributed by atoms with van der Waals surface area (Å²) in [7, 11) is 0. The lowest BCUT2D eigenvalue weighted by Gasteiger charge is -2.17. The van der Waals surface area contributed by atoms with E-state index < -0.39 is 0 Å². The van der Waals surface area contributed by atoms with Gasteiger partial charge in [-0.2, -0.15) is 4.98 Å². The van der Waals surface area contributed by atoms with Crippen LogP contribution in [-0.4, -0.2) is 39.9 Å². The van der Waals surface area contributed by atoms with Gasteiger partial charge >= 0.3 is 0 Å². The Balaban J connectivity index is 1.49. The zero-order valence-corrected chi connectivity index (χ0v) is 13.6. The molecule has 0 unspecified atom stereocenters. The van der Waals surface area contributed by atoms with Gasteiger partial charge in [0.15, 0.2) is 5.82 Å². The number of carbonyl (C=O) groups is 2.